The van der Waals surface area contributed by atoms with E-state index in [2.05, 4.69) is 30.9 Å². The first-order chi connectivity index (χ1) is 12.7. The smallest absolute Gasteiger partial charge is 0.251 e. The van der Waals surface area contributed by atoms with Gasteiger partial charge in [-0.2, -0.15) is 9.97 Å². The fourth-order valence-electron chi connectivity index (χ4n) is 2.95. The van der Waals surface area contributed by atoms with E-state index in [1.807, 2.05) is 31.3 Å². The maximum Gasteiger partial charge on any atom is 0.251 e. The minimum Gasteiger partial charge on any atom is -0.367 e. The summed E-state index contributed by atoms with van der Waals surface area (Å²) >= 11 is 0. The van der Waals surface area contributed by atoms with E-state index in [1.54, 1.807) is 12.1 Å². The molecule has 1 fully saturated rings. The second kappa shape index (κ2) is 7.03. The molecule has 7 nitrogen and oxygen atoms in total. The highest BCUT2D eigenvalue weighted by atomic mass is 16.1. The largest absolute Gasteiger partial charge is 0.367 e. The minimum atomic E-state index is -0.0740. The lowest BCUT2D eigenvalue weighted by molar-refractivity contribution is 0.0956. The molecule has 2 aromatic heterocycles. The van der Waals surface area contributed by atoms with Crippen molar-refractivity contribution in [2.45, 2.75) is 32.2 Å². The average Bonchev–Trinajstić information content (AvgIpc) is 3.07. The molecule has 1 aromatic carbocycles. The average molecular weight is 350 g/mol. The Morgan fingerprint density at radius 1 is 1.19 bits per heavy atom. The summed E-state index contributed by atoms with van der Waals surface area (Å²) in [5.74, 6) is 1.30. The third kappa shape index (κ3) is 3.33. The number of rotatable bonds is 6. The Morgan fingerprint density at radius 2 is 2.00 bits per heavy atom. The Balaban J connectivity index is 1.55. The molecule has 0 saturated heterocycles. The minimum absolute atomic E-state index is 0.0740. The SMILES string of the molecule is CCNC(=O)c1ccc(Nc2nc(NC3CCC3)c3cc[nH]c3n2)cc1. The van der Waals surface area contributed by atoms with Crippen LogP contribution in [0.5, 0.6) is 0 Å². The number of hydrogen-bond donors (Lipinski definition) is 4. The number of hydrogen-bond acceptors (Lipinski definition) is 5. The molecule has 1 saturated carbocycles. The number of benzene rings is 1. The van der Waals surface area contributed by atoms with Crippen LogP contribution in [0.2, 0.25) is 0 Å². The first-order valence-electron chi connectivity index (χ1n) is 9.00. The Labute approximate surface area is 151 Å². The van der Waals surface area contributed by atoms with Gasteiger partial charge < -0.3 is 20.9 Å². The van der Waals surface area contributed by atoms with Gasteiger partial charge in [-0.05, 0) is 56.5 Å². The zero-order valence-corrected chi connectivity index (χ0v) is 14.7. The zero-order valence-electron chi connectivity index (χ0n) is 14.7. The van der Waals surface area contributed by atoms with Crippen LogP contribution in [0.1, 0.15) is 36.5 Å². The number of anilines is 3. The Bertz CT molecular complexity index is 913. The van der Waals surface area contributed by atoms with Crippen molar-refractivity contribution < 1.29 is 4.79 Å². The first-order valence-corrected chi connectivity index (χ1v) is 9.00. The van der Waals surface area contributed by atoms with Gasteiger partial charge in [-0.25, -0.2) is 0 Å². The summed E-state index contributed by atoms with van der Waals surface area (Å²) in [5, 5.41) is 10.5. The number of amides is 1. The van der Waals surface area contributed by atoms with Gasteiger partial charge >= 0.3 is 0 Å². The number of aromatic nitrogens is 3. The van der Waals surface area contributed by atoms with E-state index in [-0.39, 0.29) is 5.91 Å². The number of carbonyl (C=O) groups excluding carboxylic acids is 1. The summed E-state index contributed by atoms with van der Waals surface area (Å²) < 4.78 is 0. The molecule has 2 heterocycles. The molecule has 134 valence electrons. The molecule has 0 aliphatic heterocycles. The maximum atomic E-state index is 11.8. The number of H-pyrrole nitrogens is 1. The molecule has 0 unspecified atom stereocenters. The fourth-order valence-corrected chi connectivity index (χ4v) is 2.95. The number of carbonyl (C=O) groups is 1. The summed E-state index contributed by atoms with van der Waals surface area (Å²) in [6, 6.07) is 9.76. The van der Waals surface area contributed by atoms with Crippen LogP contribution in [0.4, 0.5) is 17.5 Å². The van der Waals surface area contributed by atoms with Crippen LogP contribution in [0.25, 0.3) is 11.0 Å². The first kappa shape index (κ1) is 16.4. The van der Waals surface area contributed by atoms with Crippen LogP contribution in [-0.2, 0) is 0 Å². The Hall–Kier alpha value is -3.09. The van der Waals surface area contributed by atoms with Crippen molar-refractivity contribution in [1.29, 1.82) is 0 Å². The summed E-state index contributed by atoms with van der Waals surface area (Å²) in [7, 11) is 0. The maximum absolute atomic E-state index is 11.8. The second-order valence-corrected chi connectivity index (χ2v) is 6.47. The number of fused-ring (bicyclic) bond motifs is 1. The van der Waals surface area contributed by atoms with Crippen LogP contribution in [0.15, 0.2) is 36.5 Å². The molecule has 4 N–H and O–H groups in total. The topological polar surface area (TPSA) is 94.7 Å². The molecule has 3 aromatic rings. The standard InChI is InChI=1S/C19H22N6O/c1-2-20-18(26)12-6-8-14(9-7-12)23-19-24-16-15(10-11-21-16)17(25-19)22-13-4-3-5-13/h6-11,13H,2-5H2,1H3,(H,20,26)(H3,21,22,23,24,25). The van der Waals surface area contributed by atoms with Crippen molar-refractivity contribution in [3.63, 3.8) is 0 Å². The lowest BCUT2D eigenvalue weighted by atomic mass is 9.93. The van der Waals surface area contributed by atoms with E-state index < -0.39 is 0 Å². The molecular weight excluding hydrogens is 328 g/mol. The third-order valence-corrected chi connectivity index (χ3v) is 4.60. The van der Waals surface area contributed by atoms with Crippen molar-refractivity contribution in [3.8, 4) is 0 Å². The second-order valence-electron chi connectivity index (χ2n) is 6.47. The van der Waals surface area contributed by atoms with Gasteiger partial charge in [0.15, 0.2) is 0 Å². The van der Waals surface area contributed by atoms with Crippen LogP contribution >= 0.6 is 0 Å². The lowest BCUT2D eigenvalue weighted by Gasteiger charge is -2.27. The molecular formula is C19H22N6O. The van der Waals surface area contributed by atoms with Crippen molar-refractivity contribution in [1.82, 2.24) is 20.3 Å². The van der Waals surface area contributed by atoms with Crippen LogP contribution in [0, 0.1) is 0 Å². The molecule has 1 amide bonds. The normalized spacial score (nSPS) is 14.0. The molecule has 1 aliphatic rings. The van der Waals surface area contributed by atoms with Gasteiger partial charge in [-0.15, -0.1) is 0 Å². The van der Waals surface area contributed by atoms with Crippen molar-refractivity contribution in [2.24, 2.45) is 0 Å². The summed E-state index contributed by atoms with van der Waals surface area (Å²) in [6.45, 7) is 2.51. The van der Waals surface area contributed by atoms with E-state index in [9.17, 15) is 4.79 Å². The number of nitrogens with zero attached hydrogens (tertiary/aromatic N) is 2. The summed E-state index contributed by atoms with van der Waals surface area (Å²) in [4.78, 5) is 24.2. The van der Waals surface area contributed by atoms with E-state index in [0.29, 0.717) is 24.1 Å². The van der Waals surface area contributed by atoms with Gasteiger partial charge in [0.2, 0.25) is 5.95 Å². The van der Waals surface area contributed by atoms with Gasteiger partial charge in [0, 0.05) is 30.0 Å². The van der Waals surface area contributed by atoms with Gasteiger partial charge in [-0.3, -0.25) is 4.79 Å². The van der Waals surface area contributed by atoms with Crippen LogP contribution in [-0.4, -0.2) is 33.4 Å². The van der Waals surface area contributed by atoms with Gasteiger partial charge in [0.1, 0.15) is 11.5 Å². The molecule has 0 radical (unpaired) electrons. The highest BCUT2D eigenvalue weighted by Gasteiger charge is 2.19. The number of aromatic amines is 1. The van der Waals surface area contributed by atoms with E-state index >= 15 is 0 Å². The molecule has 4 rings (SSSR count). The molecule has 0 atom stereocenters. The van der Waals surface area contributed by atoms with Crippen molar-refractivity contribution in [3.05, 3.63) is 42.1 Å². The quantitative estimate of drug-likeness (QED) is 0.546. The van der Waals surface area contributed by atoms with Crippen molar-refractivity contribution >= 4 is 34.4 Å². The zero-order chi connectivity index (χ0) is 17.9. The molecule has 0 spiro atoms. The predicted molar refractivity (Wildman–Crippen MR) is 103 cm³/mol. The highest BCUT2D eigenvalue weighted by Crippen LogP contribution is 2.28. The van der Waals surface area contributed by atoms with E-state index in [4.69, 9.17) is 0 Å². The summed E-state index contributed by atoms with van der Waals surface area (Å²) in [5.41, 5.74) is 2.26. The van der Waals surface area contributed by atoms with Gasteiger partial charge in [-0.1, -0.05) is 0 Å². The predicted octanol–water partition coefficient (Wildman–Crippen LogP) is 3.42. The Kier molecular flexibility index (Phi) is 4.43. The van der Waals surface area contributed by atoms with Crippen LogP contribution < -0.4 is 16.0 Å². The van der Waals surface area contributed by atoms with E-state index in [1.165, 1.54) is 19.3 Å². The molecule has 1 aliphatic carbocycles. The molecule has 0 bridgehead atoms. The number of nitrogens with one attached hydrogen (secondary N) is 4. The Morgan fingerprint density at radius 3 is 2.69 bits per heavy atom. The van der Waals surface area contributed by atoms with Gasteiger partial charge in [0.05, 0.1) is 5.39 Å². The van der Waals surface area contributed by atoms with Gasteiger partial charge in [0.25, 0.3) is 5.91 Å². The molecule has 7 heteroatoms. The molecule has 26 heavy (non-hydrogen) atoms. The van der Waals surface area contributed by atoms with E-state index in [0.717, 1.165) is 22.5 Å². The van der Waals surface area contributed by atoms with Crippen LogP contribution in [0.3, 0.4) is 0 Å². The monoisotopic (exact) mass is 350 g/mol. The van der Waals surface area contributed by atoms with Crippen molar-refractivity contribution in [2.75, 3.05) is 17.2 Å². The summed E-state index contributed by atoms with van der Waals surface area (Å²) in [6.07, 6.45) is 5.50. The lowest BCUT2D eigenvalue weighted by Crippen LogP contribution is -2.27. The third-order valence-electron chi connectivity index (χ3n) is 4.60. The highest BCUT2D eigenvalue weighted by molar-refractivity contribution is 5.94. The fraction of sp³-hybridized carbons (Fsp3) is 0.316.